The molecular formula is C42H36N4. The van der Waals surface area contributed by atoms with Crippen molar-refractivity contribution in [3.05, 3.63) is 180 Å². The predicted octanol–water partition coefficient (Wildman–Crippen LogP) is 8.64. The molecule has 0 bridgehead atoms. The monoisotopic (exact) mass is 596 g/mol. The Bertz CT molecular complexity index is 1990. The van der Waals surface area contributed by atoms with Crippen LogP contribution < -0.4 is 19.6 Å². The number of rotatable bonds is 0. The fourth-order valence-corrected chi connectivity index (χ4v) is 8.73. The average molecular weight is 597 g/mol. The molecule has 1 fully saturated rings. The lowest BCUT2D eigenvalue weighted by Gasteiger charge is -2.65. The molecule has 2 unspecified atom stereocenters. The van der Waals surface area contributed by atoms with Crippen LogP contribution in [0.25, 0.3) is 11.1 Å². The van der Waals surface area contributed by atoms with Gasteiger partial charge < -0.3 is 19.6 Å². The number of hydrogen-bond donors (Lipinski definition) is 0. The SMILES string of the molecule is CN1C=C/C(=C2/C(=C3\C=CN(C)c4ccccc43)C3(C=CN(C)c4ccccc43)C23C=CN(C)c2ccccc23)c2ccccc21. The lowest BCUT2D eigenvalue weighted by molar-refractivity contribution is 0.358. The molecule has 0 N–H and O–H groups in total. The number of allylic oxidation sites excluding steroid dienone is 8. The van der Waals surface area contributed by atoms with Crippen LogP contribution in [0.15, 0.2) is 157 Å². The molecule has 4 nitrogen and oxygen atoms in total. The summed E-state index contributed by atoms with van der Waals surface area (Å²) < 4.78 is 0. The van der Waals surface area contributed by atoms with Crippen LogP contribution in [0.5, 0.6) is 0 Å². The van der Waals surface area contributed by atoms with E-state index in [1.807, 2.05) is 0 Å². The number of nitrogens with zero attached hydrogens (tertiary/aromatic N) is 4. The fraction of sp³-hybridized carbons (Fsp3) is 0.143. The van der Waals surface area contributed by atoms with Crippen molar-refractivity contribution >= 4 is 33.9 Å². The van der Waals surface area contributed by atoms with E-state index >= 15 is 0 Å². The van der Waals surface area contributed by atoms with Gasteiger partial charge >= 0.3 is 0 Å². The Kier molecular flexibility index (Phi) is 5.56. The Morgan fingerprint density at radius 3 is 1.17 bits per heavy atom. The zero-order valence-electron chi connectivity index (χ0n) is 26.6. The molecule has 4 aliphatic heterocycles. The van der Waals surface area contributed by atoms with Gasteiger partial charge in [0.1, 0.15) is 0 Å². The van der Waals surface area contributed by atoms with E-state index < -0.39 is 10.8 Å². The number of hydrogen-bond acceptors (Lipinski definition) is 4. The van der Waals surface area contributed by atoms with Crippen molar-refractivity contribution in [2.45, 2.75) is 10.8 Å². The summed E-state index contributed by atoms with van der Waals surface area (Å²) in [5, 5.41) is 0. The van der Waals surface area contributed by atoms with Crippen LogP contribution in [0.2, 0.25) is 0 Å². The first-order valence-electron chi connectivity index (χ1n) is 16.0. The van der Waals surface area contributed by atoms with Crippen molar-refractivity contribution in [2.24, 2.45) is 0 Å². The van der Waals surface area contributed by atoms with Crippen molar-refractivity contribution in [1.82, 2.24) is 0 Å². The molecular weight excluding hydrogens is 560 g/mol. The summed E-state index contributed by atoms with van der Waals surface area (Å²) in [5.41, 5.74) is 14.4. The minimum atomic E-state index is -0.471. The van der Waals surface area contributed by atoms with Gasteiger partial charge in [-0.15, -0.1) is 0 Å². The standard InChI is InChI=1S/C42H36N4/c1-43-25-21-31(29-13-5-9-17-35(29)43)39-40(32-22-26-44(2)36-18-10-6-14-30(32)36)42(24-28-46(4)38-20-12-8-16-34(38)42)41(39)23-27-45(3)37-19-11-7-15-33(37)41/h5-28H,1-4H3/b39-31-,40-32+. The van der Waals surface area contributed by atoms with E-state index in [0.717, 1.165) is 0 Å². The van der Waals surface area contributed by atoms with Crippen molar-refractivity contribution < 1.29 is 0 Å². The molecule has 0 amide bonds. The Labute approximate surface area is 271 Å². The van der Waals surface area contributed by atoms with Crippen molar-refractivity contribution in [3.63, 3.8) is 0 Å². The van der Waals surface area contributed by atoms with E-state index in [2.05, 4.69) is 194 Å². The highest BCUT2D eigenvalue weighted by Crippen LogP contribution is 2.74. The van der Waals surface area contributed by atoms with Crippen LogP contribution in [0.3, 0.4) is 0 Å². The van der Waals surface area contributed by atoms with E-state index in [0.29, 0.717) is 0 Å². The molecule has 0 aromatic heterocycles. The van der Waals surface area contributed by atoms with Crippen LogP contribution in [0, 0.1) is 0 Å². The van der Waals surface area contributed by atoms with Gasteiger partial charge in [0.25, 0.3) is 0 Å². The smallest absolute Gasteiger partial charge is 0.0602 e. The molecule has 46 heavy (non-hydrogen) atoms. The lowest BCUT2D eigenvalue weighted by Crippen LogP contribution is -2.63. The molecule has 9 rings (SSSR count). The molecule has 2 atom stereocenters. The average Bonchev–Trinajstić information content (AvgIpc) is 3.10. The van der Waals surface area contributed by atoms with E-state index in [4.69, 9.17) is 0 Å². The summed E-state index contributed by atoms with van der Waals surface area (Å²) >= 11 is 0. The maximum Gasteiger partial charge on any atom is 0.0602 e. The minimum absolute atomic E-state index is 0.471. The molecule has 0 radical (unpaired) electrons. The fourth-order valence-electron chi connectivity index (χ4n) is 8.73. The van der Waals surface area contributed by atoms with Gasteiger partial charge in [0.05, 0.1) is 10.8 Å². The van der Waals surface area contributed by atoms with E-state index in [-0.39, 0.29) is 0 Å². The second-order valence-electron chi connectivity index (χ2n) is 13.0. The molecule has 1 aliphatic carbocycles. The summed E-state index contributed by atoms with van der Waals surface area (Å²) in [6, 6.07) is 35.7. The normalized spacial score (nSPS) is 26.7. The molecule has 4 aromatic carbocycles. The third-order valence-electron chi connectivity index (χ3n) is 10.8. The molecule has 2 spiro atoms. The van der Waals surface area contributed by atoms with Gasteiger partial charge in [-0.3, -0.25) is 0 Å². The highest BCUT2D eigenvalue weighted by Gasteiger charge is 2.69. The predicted molar refractivity (Wildman–Crippen MR) is 193 cm³/mol. The Hall–Kier alpha value is -5.48. The van der Waals surface area contributed by atoms with Crippen molar-refractivity contribution in [2.75, 3.05) is 47.8 Å². The third-order valence-corrected chi connectivity index (χ3v) is 10.8. The summed E-state index contributed by atoms with van der Waals surface area (Å²) in [6.07, 6.45) is 18.7. The van der Waals surface area contributed by atoms with Gasteiger partial charge in [-0.2, -0.15) is 0 Å². The first-order valence-corrected chi connectivity index (χ1v) is 16.0. The van der Waals surface area contributed by atoms with Gasteiger partial charge in [-0.25, -0.2) is 0 Å². The lowest BCUT2D eigenvalue weighted by atomic mass is 9.37. The number of fused-ring (bicyclic) bond motifs is 7. The van der Waals surface area contributed by atoms with Crippen LogP contribution in [-0.2, 0) is 10.8 Å². The first kappa shape index (κ1) is 26.9. The molecule has 5 aliphatic rings. The minimum Gasteiger partial charge on any atom is -0.351 e. The zero-order chi connectivity index (χ0) is 31.2. The molecule has 224 valence electrons. The Morgan fingerprint density at radius 2 is 0.739 bits per heavy atom. The number of benzene rings is 4. The van der Waals surface area contributed by atoms with Crippen LogP contribution in [-0.4, -0.2) is 28.2 Å². The summed E-state index contributed by atoms with van der Waals surface area (Å²) in [7, 11) is 8.62. The summed E-state index contributed by atoms with van der Waals surface area (Å²) in [4.78, 5) is 9.02. The topological polar surface area (TPSA) is 13.0 Å². The maximum absolute atomic E-state index is 2.49. The Balaban J connectivity index is 1.52. The van der Waals surface area contributed by atoms with Crippen LogP contribution in [0.1, 0.15) is 22.3 Å². The van der Waals surface area contributed by atoms with Crippen molar-refractivity contribution in [3.8, 4) is 0 Å². The quantitative estimate of drug-likeness (QED) is 0.201. The van der Waals surface area contributed by atoms with Crippen molar-refractivity contribution in [1.29, 1.82) is 0 Å². The molecule has 4 aromatic rings. The van der Waals surface area contributed by atoms with Gasteiger partial charge in [0.2, 0.25) is 0 Å². The van der Waals surface area contributed by atoms with Gasteiger partial charge in [0.15, 0.2) is 0 Å². The van der Waals surface area contributed by atoms with Crippen LogP contribution >= 0.6 is 0 Å². The van der Waals surface area contributed by atoms with Gasteiger partial charge in [0, 0.05) is 86.9 Å². The second-order valence-corrected chi connectivity index (χ2v) is 13.0. The Morgan fingerprint density at radius 1 is 0.391 bits per heavy atom. The molecule has 4 heterocycles. The molecule has 1 saturated carbocycles. The molecule has 0 saturated heterocycles. The van der Waals surface area contributed by atoms with Crippen LogP contribution in [0.4, 0.5) is 22.7 Å². The van der Waals surface area contributed by atoms with E-state index in [1.54, 1.807) is 0 Å². The first-order chi connectivity index (χ1) is 22.5. The molecule has 4 heteroatoms. The summed E-state index contributed by atoms with van der Waals surface area (Å²) in [6.45, 7) is 0. The second kappa shape index (κ2) is 9.51. The third kappa shape index (κ3) is 3.23. The van der Waals surface area contributed by atoms with Gasteiger partial charge in [-0.05, 0) is 69.8 Å². The highest BCUT2D eigenvalue weighted by molar-refractivity contribution is 6.04. The maximum atomic E-state index is 2.49. The van der Waals surface area contributed by atoms with Gasteiger partial charge in [-0.1, -0.05) is 84.9 Å². The van der Waals surface area contributed by atoms with E-state index in [9.17, 15) is 0 Å². The number of anilines is 4. The zero-order valence-corrected chi connectivity index (χ0v) is 26.6. The largest absolute Gasteiger partial charge is 0.351 e. The highest BCUT2D eigenvalue weighted by atomic mass is 15.1. The number of para-hydroxylation sites is 4. The van der Waals surface area contributed by atoms with E-state index in [1.165, 1.54) is 67.3 Å². The summed E-state index contributed by atoms with van der Waals surface area (Å²) in [5.74, 6) is 0.